The van der Waals surface area contributed by atoms with Gasteiger partial charge in [-0.3, -0.25) is 4.79 Å². The molecule has 0 aliphatic rings. The van der Waals surface area contributed by atoms with Gasteiger partial charge in [-0.1, -0.05) is 97.9 Å². The maximum Gasteiger partial charge on any atom is 0.189 e. The van der Waals surface area contributed by atoms with E-state index in [1.807, 2.05) is 36.4 Å². The fourth-order valence-corrected chi connectivity index (χ4v) is 5.02. The molecule has 0 N–H and O–H groups in total. The van der Waals surface area contributed by atoms with Crippen molar-refractivity contribution in [3.63, 3.8) is 0 Å². The van der Waals surface area contributed by atoms with Crippen LogP contribution >= 0.6 is 0 Å². The first-order valence-electron chi connectivity index (χ1n) is 9.11. The van der Waals surface area contributed by atoms with Gasteiger partial charge in [0.15, 0.2) is 15.6 Å². The number of hydrogen-bond donors (Lipinski definition) is 0. The number of rotatable bonds is 7. The molecule has 3 nitrogen and oxygen atoms in total. The molecule has 0 aromatic heterocycles. The molecular formula is C24H22O3S. The highest BCUT2D eigenvalue weighted by Gasteiger charge is 2.37. The van der Waals surface area contributed by atoms with E-state index >= 15 is 0 Å². The lowest BCUT2D eigenvalue weighted by atomic mass is 9.98. The van der Waals surface area contributed by atoms with Gasteiger partial charge in [-0.2, -0.15) is 0 Å². The van der Waals surface area contributed by atoms with Crippen LogP contribution in [0.15, 0.2) is 102 Å². The van der Waals surface area contributed by atoms with Crippen LogP contribution in [0.25, 0.3) is 6.08 Å². The zero-order valence-electron chi connectivity index (χ0n) is 15.6. The summed E-state index contributed by atoms with van der Waals surface area (Å²) in [5, 5.41) is -1.20. The molecule has 0 aliphatic heterocycles. The Balaban J connectivity index is 2.01. The molecular weight excluding hydrogens is 368 g/mol. The minimum Gasteiger partial charge on any atom is -0.293 e. The van der Waals surface area contributed by atoms with Crippen LogP contribution in [-0.2, 0) is 9.84 Å². The van der Waals surface area contributed by atoms with Gasteiger partial charge in [-0.05, 0) is 23.6 Å². The number of allylic oxidation sites excluding steroid dienone is 1. The Morgan fingerprint density at radius 1 is 0.786 bits per heavy atom. The van der Waals surface area contributed by atoms with Gasteiger partial charge in [0.25, 0.3) is 0 Å². The van der Waals surface area contributed by atoms with Gasteiger partial charge in [0, 0.05) is 5.56 Å². The lowest BCUT2D eigenvalue weighted by Gasteiger charge is -2.21. The van der Waals surface area contributed by atoms with Gasteiger partial charge in [-0.25, -0.2) is 8.42 Å². The zero-order valence-corrected chi connectivity index (χ0v) is 16.4. The molecule has 0 amide bonds. The first-order valence-corrected chi connectivity index (χ1v) is 10.7. The summed E-state index contributed by atoms with van der Waals surface area (Å²) < 4.78 is 26.7. The average molecular weight is 391 g/mol. The fraction of sp³-hybridized carbons (Fsp3) is 0.125. The third-order valence-corrected chi connectivity index (χ3v) is 6.83. The molecule has 142 valence electrons. The molecule has 2 atom stereocenters. The summed E-state index contributed by atoms with van der Waals surface area (Å²) in [5.41, 5.74) is 1.35. The van der Waals surface area contributed by atoms with Crippen LogP contribution in [0.1, 0.15) is 22.8 Å². The Labute approximate surface area is 166 Å². The van der Waals surface area contributed by atoms with Crippen molar-refractivity contribution in [1.82, 2.24) is 0 Å². The maximum atomic E-state index is 13.3. The van der Waals surface area contributed by atoms with Crippen LogP contribution in [0.3, 0.4) is 0 Å². The predicted octanol–water partition coefficient (Wildman–Crippen LogP) is 5.06. The van der Waals surface area contributed by atoms with Crippen molar-refractivity contribution in [2.75, 3.05) is 0 Å². The first-order chi connectivity index (χ1) is 13.5. The minimum atomic E-state index is -3.85. The lowest BCUT2D eigenvalue weighted by molar-refractivity contribution is 0.0976. The molecule has 0 heterocycles. The zero-order chi connectivity index (χ0) is 20.0. The monoisotopic (exact) mass is 390 g/mol. The van der Waals surface area contributed by atoms with Crippen molar-refractivity contribution in [3.05, 3.63) is 108 Å². The summed E-state index contributed by atoms with van der Waals surface area (Å²) in [5.74, 6) is -0.896. The van der Waals surface area contributed by atoms with E-state index in [1.54, 1.807) is 61.5 Å². The molecule has 0 bridgehead atoms. The Bertz CT molecular complexity index is 1040. The van der Waals surface area contributed by atoms with Crippen LogP contribution < -0.4 is 0 Å². The number of carbonyl (C=O) groups is 1. The van der Waals surface area contributed by atoms with E-state index in [9.17, 15) is 13.2 Å². The van der Waals surface area contributed by atoms with Crippen molar-refractivity contribution in [2.24, 2.45) is 5.92 Å². The smallest absolute Gasteiger partial charge is 0.189 e. The van der Waals surface area contributed by atoms with Crippen molar-refractivity contribution in [2.45, 2.75) is 17.1 Å². The molecule has 28 heavy (non-hydrogen) atoms. The van der Waals surface area contributed by atoms with Gasteiger partial charge in [0.2, 0.25) is 0 Å². The second-order valence-corrected chi connectivity index (χ2v) is 8.71. The number of ketones is 1. The van der Waals surface area contributed by atoms with Crippen LogP contribution in [0, 0.1) is 5.92 Å². The number of Topliss-reactive ketones (excluding diaryl/α,β-unsaturated/α-hetero) is 1. The molecule has 0 saturated heterocycles. The standard InChI is InChI=1S/C24H22O3S/c1-19(17-18-20-11-5-2-6-12-20)24(23(25)21-13-7-3-8-14-21)28(26,27)22-15-9-4-10-16-22/h2-19,24H,1H3. The number of benzene rings is 3. The van der Waals surface area contributed by atoms with Crippen LogP contribution in [-0.4, -0.2) is 19.5 Å². The van der Waals surface area contributed by atoms with Crippen LogP contribution in [0.5, 0.6) is 0 Å². The Hall–Kier alpha value is -2.98. The molecule has 0 fully saturated rings. The Morgan fingerprint density at radius 2 is 1.29 bits per heavy atom. The molecule has 2 unspecified atom stereocenters. The molecule has 4 heteroatoms. The van der Waals surface area contributed by atoms with Gasteiger partial charge in [0.05, 0.1) is 4.90 Å². The van der Waals surface area contributed by atoms with Crippen LogP contribution in [0.2, 0.25) is 0 Å². The van der Waals surface area contributed by atoms with E-state index in [-0.39, 0.29) is 4.90 Å². The van der Waals surface area contributed by atoms with Gasteiger partial charge < -0.3 is 0 Å². The normalized spacial score (nSPS) is 13.9. The maximum absolute atomic E-state index is 13.3. The first kappa shape index (κ1) is 19.8. The summed E-state index contributed by atoms with van der Waals surface area (Å²) in [6, 6.07) is 26.4. The van der Waals surface area contributed by atoms with E-state index in [0.29, 0.717) is 5.56 Å². The van der Waals surface area contributed by atoms with Gasteiger partial charge >= 0.3 is 0 Å². The lowest BCUT2D eigenvalue weighted by Crippen LogP contribution is -2.35. The summed E-state index contributed by atoms with van der Waals surface area (Å²) in [6.45, 7) is 1.77. The third kappa shape index (κ3) is 4.46. The second-order valence-electron chi connectivity index (χ2n) is 6.64. The molecule has 3 aromatic rings. The third-order valence-electron chi connectivity index (χ3n) is 4.59. The average Bonchev–Trinajstić information content (AvgIpc) is 2.74. The fourth-order valence-electron chi connectivity index (χ4n) is 3.11. The topological polar surface area (TPSA) is 51.2 Å². The number of carbonyl (C=O) groups excluding carboxylic acids is 1. The van der Waals surface area contributed by atoms with Crippen molar-refractivity contribution in [1.29, 1.82) is 0 Å². The highest BCUT2D eigenvalue weighted by molar-refractivity contribution is 7.92. The Kier molecular flexibility index (Phi) is 6.22. The Morgan fingerprint density at radius 3 is 1.86 bits per heavy atom. The van der Waals surface area contributed by atoms with E-state index < -0.39 is 26.8 Å². The van der Waals surface area contributed by atoms with E-state index in [0.717, 1.165) is 5.56 Å². The summed E-state index contributed by atoms with van der Waals surface area (Å²) in [6.07, 6.45) is 3.65. The van der Waals surface area contributed by atoms with Crippen molar-refractivity contribution < 1.29 is 13.2 Å². The van der Waals surface area contributed by atoms with E-state index in [1.165, 1.54) is 12.1 Å². The van der Waals surface area contributed by atoms with E-state index in [2.05, 4.69) is 0 Å². The van der Waals surface area contributed by atoms with E-state index in [4.69, 9.17) is 0 Å². The highest BCUT2D eigenvalue weighted by atomic mass is 32.2. The molecule has 0 radical (unpaired) electrons. The SMILES string of the molecule is CC(C=Cc1ccccc1)C(C(=O)c1ccccc1)S(=O)(=O)c1ccccc1. The number of hydrogen-bond acceptors (Lipinski definition) is 3. The number of sulfone groups is 1. The van der Waals surface area contributed by atoms with Crippen LogP contribution in [0.4, 0.5) is 0 Å². The minimum absolute atomic E-state index is 0.157. The highest BCUT2D eigenvalue weighted by Crippen LogP contribution is 2.26. The second kappa shape index (κ2) is 8.81. The largest absolute Gasteiger partial charge is 0.293 e. The van der Waals surface area contributed by atoms with Gasteiger partial charge in [0.1, 0.15) is 5.25 Å². The summed E-state index contributed by atoms with van der Waals surface area (Å²) in [4.78, 5) is 13.4. The molecule has 0 aliphatic carbocycles. The summed E-state index contributed by atoms with van der Waals surface area (Å²) >= 11 is 0. The van der Waals surface area contributed by atoms with Crippen molar-refractivity contribution in [3.8, 4) is 0 Å². The molecule has 3 aromatic carbocycles. The predicted molar refractivity (Wildman–Crippen MR) is 113 cm³/mol. The van der Waals surface area contributed by atoms with Gasteiger partial charge in [-0.15, -0.1) is 0 Å². The molecule has 3 rings (SSSR count). The molecule has 0 saturated carbocycles. The molecule has 0 spiro atoms. The van der Waals surface area contributed by atoms with Crippen molar-refractivity contribution >= 4 is 21.7 Å². The quantitative estimate of drug-likeness (QED) is 0.530. The summed E-state index contributed by atoms with van der Waals surface area (Å²) in [7, 11) is -3.85.